The molecule has 0 aliphatic rings. The molecule has 1 unspecified atom stereocenters. The lowest BCUT2D eigenvalue weighted by atomic mass is 10.0. The molecule has 0 spiro atoms. The molecule has 0 saturated heterocycles. The molecule has 0 aromatic heterocycles. The van der Waals surface area contributed by atoms with Crippen molar-refractivity contribution in [2.75, 3.05) is 6.66 Å². The van der Waals surface area contributed by atoms with Crippen LogP contribution in [-0.2, 0) is 4.57 Å². The van der Waals surface area contributed by atoms with Gasteiger partial charge in [-0.05, 0) is 18.3 Å². The summed E-state index contributed by atoms with van der Waals surface area (Å²) < 4.78 is 11.7. The second-order valence-electron chi connectivity index (χ2n) is 3.62. The zero-order valence-electron chi connectivity index (χ0n) is 8.97. The van der Waals surface area contributed by atoms with Crippen LogP contribution in [0.5, 0.6) is 5.75 Å². The van der Waals surface area contributed by atoms with E-state index >= 15 is 0 Å². The van der Waals surface area contributed by atoms with Gasteiger partial charge in [-0.2, -0.15) is 0 Å². The Morgan fingerprint density at radius 1 is 0.938 bits per heavy atom. The lowest BCUT2D eigenvalue weighted by Crippen LogP contribution is -2.00. The van der Waals surface area contributed by atoms with Gasteiger partial charge in [-0.15, -0.1) is 0 Å². The summed E-state index contributed by atoms with van der Waals surface area (Å²) in [6, 6.07) is 14.6. The van der Waals surface area contributed by atoms with Gasteiger partial charge in [0.25, 0.3) is 0 Å². The van der Waals surface area contributed by atoms with Crippen molar-refractivity contribution < 1.29 is 9.67 Å². The molecule has 82 valence electrons. The monoisotopic (exact) mass is 232 g/mol. The molecule has 0 bridgehead atoms. The van der Waals surface area contributed by atoms with E-state index in [0.29, 0.717) is 0 Å². The smallest absolute Gasteiger partial charge is 0.123 e. The molecular weight excluding hydrogens is 219 g/mol. The van der Waals surface area contributed by atoms with Crippen LogP contribution in [-0.4, -0.2) is 11.8 Å². The molecule has 0 amide bonds. The largest absolute Gasteiger partial charge is 0.507 e. The van der Waals surface area contributed by atoms with Crippen molar-refractivity contribution in [2.24, 2.45) is 0 Å². The molecule has 0 radical (unpaired) electrons. The lowest BCUT2D eigenvalue weighted by Gasteiger charge is -2.08. The average Bonchev–Trinajstić information content (AvgIpc) is 2.29. The zero-order valence-corrected chi connectivity index (χ0v) is 9.97. The quantitative estimate of drug-likeness (QED) is 0.808. The highest BCUT2D eigenvalue weighted by atomic mass is 31.1. The minimum absolute atomic E-state index is 0.221. The van der Waals surface area contributed by atoms with E-state index in [-0.39, 0.29) is 5.75 Å². The van der Waals surface area contributed by atoms with Crippen LogP contribution in [0.3, 0.4) is 0 Å². The van der Waals surface area contributed by atoms with E-state index in [9.17, 15) is 9.67 Å². The van der Waals surface area contributed by atoms with Crippen molar-refractivity contribution in [3.63, 3.8) is 0 Å². The van der Waals surface area contributed by atoms with Crippen molar-refractivity contribution in [1.29, 1.82) is 0 Å². The number of hydrogen-bond acceptors (Lipinski definition) is 2. The average molecular weight is 232 g/mol. The van der Waals surface area contributed by atoms with Gasteiger partial charge in [0, 0.05) is 10.9 Å². The Morgan fingerprint density at radius 3 is 2.12 bits per heavy atom. The van der Waals surface area contributed by atoms with Crippen molar-refractivity contribution in [1.82, 2.24) is 0 Å². The van der Waals surface area contributed by atoms with Crippen molar-refractivity contribution in [3.8, 4) is 16.9 Å². The third-order valence-electron chi connectivity index (χ3n) is 2.50. The first-order valence-electron chi connectivity index (χ1n) is 5.08. The fraction of sp³-hybridized carbons (Fsp3) is 0.0769. The Morgan fingerprint density at radius 2 is 1.50 bits per heavy atom. The second-order valence-corrected chi connectivity index (χ2v) is 5.27. The number of phenolic OH excluding ortho intramolecular Hbond substituents is 1. The highest BCUT2D eigenvalue weighted by Gasteiger charge is 2.09. The zero-order chi connectivity index (χ0) is 11.5. The summed E-state index contributed by atoms with van der Waals surface area (Å²) >= 11 is 0. The standard InChI is InChI=1S/C13H13O2P/c1-16(15)13-9-5-3-7-11(13)10-6-2-4-8-12(10)14/h2-9,14,16H,1H3. The molecule has 0 aliphatic heterocycles. The predicted octanol–water partition coefficient (Wildman–Crippen LogP) is 2.87. The van der Waals surface area contributed by atoms with Crippen LogP contribution in [0.25, 0.3) is 11.1 Å². The molecular formula is C13H13O2P. The molecule has 16 heavy (non-hydrogen) atoms. The Kier molecular flexibility index (Phi) is 3.12. The number of para-hydroxylation sites is 1. The molecule has 2 nitrogen and oxygen atoms in total. The normalized spacial score (nSPS) is 12.3. The summed E-state index contributed by atoms with van der Waals surface area (Å²) in [6.07, 6.45) is 0. The summed E-state index contributed by atoms with van der Waals surface area (Å²) in [5.41, 5.74) is 1.59. The summed E-state index contributed by atoms with van der Waals surface area (Å²) in [5, 5.41) is 10.6. The van der Waals surface area contributed by atoms with Crippen LogP contribution < -0.4 is 5.30 Å². The molecule has 2 aromatic carbocycles. The molecule has 1 N–H and O–H groups in total. The number of rotatable bonds is 2. The van der Waals surface area contributed by atoms with Crippen LogP contribution in [0.1, 0.15) is 0 Å². The van der Waals surface area contributed by atoms with Gasteiger partial charge in [0.15, 0.2) is 0 Å². The predicted molar refractivity (Wildman–Crippen MR) is 68.1 cm³/mol. The third kappa shape index (κ3) is 2.02. The van der Waals surface area contributed by atoms with Gasteiger partial charge in [-0.3, -0.25) is 0 Å². The maximum atomic E-state index is 11.7. The fourth-order valence-electron chi connectivity index (χ4n) is 1.73. The van der Waals surface area contributed by atoms with E-state index in [2.05, 4.69) is 0 Å². The molecule has 0 fully saturated rings. The van der Waals surface area contributed by atoms with Gasteiger partial charge in [0.2, 0.25) is 0 Å². The number of aromatic hydroxyl groups is 1. The fourth-order valence-corrected chi connectivity index (χ4v) is 2.65. The maximum Gasteiger partial charge on any atom is 0.123 e. The summed E-state index contributed by atoms with van der Waals surface area (Å²) in [7, 11) is -1.77. The van der Waals surface area contributed by atoms with Crippen molar-refractivity contribution in [2.45, 2.75) is 0 Å². The van der Waals surface area contributed by atoms with Crippen LogP contribution in [0.2, 0.25) is 0 Å². The van der Waals surface area contributed by atoms with E-state index in [1.807, 2.05) is 36.4 Å². The number of phenols is 1. The molecule has 2 aromatic rings. The molecule has 2 rings (SSSR count). The lowest BCUT2D eigenvalue weighted by molar-refractivity contribution is 0.477. The highest BCUT2D eigenvalue weighted by molar-refractivity contribution is 7.53. The molecule has 3 heteroatoms. The van der Waals surface area contributed by atoms with E-state index in [1.54, 1.807) is 18.8 Å². The maximum absolute atomic E-state index is 11.7. The summed E-state index contributed by atoms with van der Waals surface area (Å²) in [5.74, 6) is 0.221. The first kappa shape index (κ1) is 11.0. The molecule has 0 saturated carbocycles. The van der Waals surface area contributed by atoms with E-state index in [0.717, 1.165) is 16.4 Å². The Hall–Kier alpha value is -1.53. The molecule has 1 atom stereocenters. The van der Waals surface area contributed by atoms with Gasteiger partial charge in [0.05, 0.1) is 0 Å². The Balaban J connectivity index is 2.65. The molecule has 0 aliphatic carbocycles. The molecule has 0 heterocycles. The number of benzene rings is 2. The van der Waals surface area contributed by atoms with Gasteiger partial charge < -0.3 is 9.67 Å². The van der Waals surface area contributed by atoms with E-state index in [1.165, 1.54) is 0 Å². The van der Waals surface area contributed by atoms with Gasteiger partial charge in [-0.1, -0.05) is 42.5 Å². The first-order chi connectivity index (χ1) is 7.70. The van der Waals surface area contributed by atoms with Gasteiger partial charge in [0.1, 0.15) is 13.6 Å². The first-order valence-corrected chi connectivity index (χ1v) is 6.99. The Labute approximate surface area is 95.4 Å². The van der Waals surface area contributed by atoms with Crippen molar-refractivity contribution in [3.05, 3.63) is 48.5 Å². The van der Waals surface area contributed by atoms with E-state index < -0.39 is 7.80 Å². The van der Waals surface area contributed by atoms with E-state index in [4.69, 9.17) is 0 Å². The third-order valence-corrected chi connectivity index (χ3v) is 3.70. The Bertz CT molecular complexity index is 535. The van der Waals surface area contributed by atoms with Gasteiger partial charge >= 0.3 is 0 Å². The minimum atomic E-state index is -1.77. The SMILES string of the molecule is C[PH](=O)c1ccccc1-c1ccccc1O. The van der Waals surface area contributed by atoms with Crippen LogP contribution in [0.4, 0.5) is 0 Å². The van der Waals surface area contributed by atoms with Crippen LogP contribution >= 0.6 is 7.80 Å². The minimum Gasteiger partial charge on any atom is -0.507 e. The summed E-state index contributed by atoms with van der Waals surface area (Å²) in [6.45, 7) is 1.71. The summed E-state index contributed by atoms with van der Waals surface area (Å²) in [4.78, 5) is 0. The topological polar surface area (TPSA) is 37.3 Å². The second kappa shape index (κ2) is 4.54. The number of hydrogen-bond donors (Lipinski definition) is 1. The van der Waals surface area contributed by atoms with Crippen molar-refractivity contribution >= 4 is 13.1 Å². The van der Waals surface area contributed by atoms with Gasteiger partial charge in [-0.25, -0.2) is 0 Å². The van der Waals surface area contributed by atoms with Crippen LogP contribution in [0, 0.1) is 0 Å². The highest BCUT2D eigenvalue weighted by Crippen LogP contribution is 2.31. The van der Waals surface area contributed by atoms with Crippen LogP contribution in [0.15, 0.2) is 48.5 Å².